The summed E-state index contributed by atoms with van der Waals surface area (Å²) in [6, 6.07) is 5.37. The predicted molar refractivity (Wildman–Crippen MR) is 75.2 cm³/mol. The highest BCUT2D eigenvalue weighted by Gasteiger charge is 2.45. The lowest BCUT2D eigenvalue weighted by Crippen LogP contribution is -2.50. The topological polar surface area (TPSA) is 41.6 Å². The van der Waals surface area contributed by atoms with Gasteiger partial charge in [0.15, 0.2) is 0 Å². The highest BCUT2D eigenvalue weighted by molar-refractivity contribution is 5.77. The van der Waals surface area contributed by atoms with Crippen LogP contribution in [0.15, 0.2) is 24.3 Å². The largest absolute Gasteiger partial charge is 0.494 e. The first-order valence-electron chi connectivity index (χ1n) is 7.24. The van der Waals surface area contributed by atoms with Crippen LogP contribution in [0.3, 0.4) is 0 Å². The minimum atomic E-state index is -4.37. The third-order valence-corrected chi connectivity index (χ3v) is 3.54. The highest BCUT2D eigenvalue weighted by atomic mass is 19.4. The Balaban J connectivity index is 1.97. The second kappa shape index (κ2) is 7.00. The van der Waals surface area contributed by atoms with Gasteiger partial charge in [0.25, 0.3) is 0 Å². The van der Waals surface area contributed by atoms with Crippen molar-refractivity contribution in [2.45, 2.75) is 38.4 Å². The van der Waals surface area contributed by atoms with Crippen molar-refractivity contribution < 1.29 is 22.7 Å². The van der Waals surface area contributed by atoms with Gasteiger partial charge in [-0.1, -0.05) is 12.1 Å². The maximum absolute atomic E-state index is 13.2. The number of halogens is 3. The summed E-state index contributed by atoms with van der Waals surface area (Å²) in [6.07, 6.45) is -4.08. The molecule has 1 saturated heterocycles. The fourth-order valence-corrected chi connectivity index (χ4v) is 2.45. The Morgan fingerprint density at radius 2 is 2.00 bits per heavy atom. The van der Waals surface area contributed by atoms with Crippen molar-refractivity contribution in [3.63, 3.8) is 0 Å². The first-order valence-corrected chi connectivity index (χ1v) is 7.24. The second-order valence-corrected chi connectivity index (χ2v) is 5.15. The molecule has 1 aromatic rings. The highest BCUT2D eigenvalue weighted by Crippen LogP contribution is 2.29. The minimum Gasteiger partial charge on any atom is -0.494 e. The first kappa shape index (κ1) is 16.6. The fraction of sp³-hybridized carbons (Fsp3) is 0.533. The molecule has 0 spiro atoms. The van der Waals surface area contributed by atoms with E-state index in [0.717, 1.165) is 10.6 Å². The van der Waals surface area contributed by atoms with Crippen molar-refractivity contribution in [3.05, 3.63) is 29.8 Å². The van der Waals surface area contributed by atoms with E-state index in [-0.39, 0.29) is 31.7 Å². The summed E-state index contributed by atoms with van der Waals surface area (Å²) in [6.45, 7) is 2.50. The molecule has 1 heterocycles. The van der Waals surface area contributed by atoms with E-state index in [2.05, 4.69) is 5.43 Å². The molecule has 0 aromatic heterocycles. The van der Waals surface area contributed by atoms with Crippen LogP contribution >= 0.6 is 0 Å². The van der Waals surface area contributed by atoms with Gasteiger partial charge in [0.05, 0.1) is 6.61 Å². The average Bonchev–Trinajstić information content (AvgIpc) is 2.86. The molecule has 122 valence electrons. The van der Waals surface area contributed by atoms with Gasteiger partial charge in [0.1, 0.15) is 11.8 Å². The number of rotatable bonds is 6. The summed E-state index contributed by atoms with van der Waals surface area (Å²) in [7, 11) is 0. The van der Waals surface area contributed by atoms with Crippen LogP contribution in [-0.2, 0) is 11.2 Å². The van der Waals surface area contributed by atoms with Gasteiger partial charge in [-0.3, -0.25) is 10.2 Å². The van der Waals surface area contributed by atoms with Crippen molar-refractivity contribution in [1.82, 2.24) is 10.4 Å². The third-order valence-electron chi connectivity index (χ3n) is 3.54. The molecule has 0 radical (unpaired) electrons. The maximum atomic E-state index is 13.2. The number of hydrogen-bond donors (Lipinski definition) is 1. The molecule has 7 heteroatoms. The van der Waals surface area contributed by atoms with Gasteiger partial charge in [-0.15, -0.1) is 0 Å². The standard InChI is InChI=1S/C15H19F3N2O2/c1-2-22-12-6-3-11(4-7-12)5-8-13(15(16,17)18)20-10-9-14(21)19-20/h3-4,6-7,13H,2,5,8-10H2,1H3,(H,19,21)/t13-/m0/s1. The van der Waals surface area contributed by atoms with Crippen LogP contribution in [0.4, 0.5) is 13.2 Å². The zero-order valence-corrected chi connectivity index (χ0v) is 12.3. The van der Waals surface area contributed by atoms with Crippen molar-refractivity contribution in [3.8, 4) is 5.75 Å². The van der Waals surface area contributed by atoms with Crippen molar-refractivity contribution >= 4 is 5.91 Å². The van der Waals surface area contributed by atoms with Crippen molar-refractivity contribution in [2.24, 2.45) is 0 Å². The number of carbonyl (C=O) groups is 1. The smallest absolute Gasteiger partial charge is 0.405 e. The molecule has 0 saturated carbocycles. The summed E-state index contributed by atoms with van der Waals surface area (Å²) >= 11 is 0. The number of benzene rings is 1. The zero-order valence-electron chi connectivity index (χ0n) is 12.3. The average molecular weight is 316 g/mol. The predicted octanol–water partition coefficient (Wildman–Crippen LogP) is 2.69. The normalized spacial score (nSPS) is 17.4. The molecule has 0 bridgehead atoms. The Kier molecular flexibility index (Phi) is 5.28. The van der Waals surface area contributed by atoms with Gasteiger partial charge in [0, 0.05) is 13.0 Å². The molecule has 1 N–H and O–H groups in total. The molecule has 1 aliphatic heterocycles. The van der Waals surface area contributed by atoms with Gasteiger partial charge in [-0.2, -0.15) is 13.2 Å². The summed E-state index contributed by atoms with van der Waals surface area (Å²) in [5.41, 5.74) is 3.09. The van der Waals surface area contributed by atoms with Gasteiger partial charge in [-0.05, 0) is 37.5 Å². The van der Waals surface area contributed by atoms with Crippen LogP contribution in [0.1, 0.15) is 25.3 Å². The molecular weight excluding hydrogens is 297 g/mol. The zero-order chi connectivity index (χ0) is 16.2. The van der Waals surface area contributed by atoms with E-state index < -0.39 is 12.2 Å². The second-order valence-electron chi connectivity index (χ2n) is 5.15. The number of ether oxygens (including phenoxy) is 1. The van der Waals surface area contributed by atoms with Gasteiger partial charge >= 0.3 is 6.18 Å². The number of nitrogens with zero attached hydrogens (tertiary/aromatic N) is 1. The monoisotopic (exact) mass is 316 g/mol. The summed E-state index contributed by atoms with van der Waals surface area (Å²) < 4.78 is 44.8. The Bertz CT molecular complexity index is 503. The Hall–Kier alpha value is -1.76. The molecule has 2 rings (SSSR count). The first-order chi connectivity index (χ1) is 10.4. The van der Waals surface area contributed by atoms with Crippen molar-refractivity contribution in [2.75, 3.05) is 13.2 Å². The number of carbonyl (C=O) groups excluding carboxylic acids is 1. The van der Waals surface area contributed by atoms with Gasteiger partial charge in [-0.25, -0.2) is 5.01 Å². The van der Waals surface area contributed by atoms with Crippen LogP contribution in [0.5, 0.6) is 5.75 Å². The summed E-state index contributed by atoms with van der Waals surface area (Å²) in [4.78, 5) is 11.1. The number of amides is 1. The fourth-order valence-electron chi connectivity index (χ4n) is 2.45. The van der Waals surface area contributed by atoms with Crippen LogP contribution in [0.2, 0.25) is 0 Å². The molecule has 0 unspecified atom stereocenters. The van der Waals surface area contributed by atoms with Crippen LogP contribution < -0.4 is 10.2 Å². The molecule has 1 amide bonds. The Morgan fingerprint density at radius 3 is 2.50 bits per heavy atom. The van der Waals surface area contributed by atoms with E-state index in [1.165, 1.54) is 0 Å². The van der Waals surface area contributed by atoms with Gasteiger partial charge in [0.2, 0.25) is 5.91 Å². The lowest BCUT2D eigenvalue weighted by atomic mass is 10.0. The number of aryl methyl sites for hydroxylation is 1. The Morgan fingerprint density at radius 1 is 1.32 bits per heavy atom. The maximum Gasteiger partial charge on any atom is 0.405 e. The quantitative estimate of drug-likeness (QED) is 0.877. The third kappa shape index (κ3) is 4.37. The Labute approximate surface area is 127 Å². The number of nitrogens with one attached hydrogen (secondary N) is 1. The summed E-state index contributed by atoms with van der Waals surface area (Å²) in [5, 5.41) is 0.997. The molecule has 22 heavy (non-hydrogen) atoms. The van der Waals surface area contributed by atoms with E-state index in [0.29, 0.717) is 12.4 Å². The van der Waals surface area contributed by atoms with Crippen LogP contribution in [0.25, 0.3) is 0 Å². The van der Waals surface area contributed by atoms with E-state index >= 15 is 0 Å². The summed E-state index contributed by atoms with van der Waals surface area (Å²) in [5.74, 6) is 0.334. The lowest BCUT2D eigenvalue weighted by molar-refractivity contribution is -0.189. The van der Waals surface area contributed by atoms with E-state index in [4.69, 9.17) is 4.74 Å². The van der Waals surface area contributed by atoms with Crippen molar-refractivity contribution in [1.29, 1.82) is 0 Å². The molecular formula is C15H19F3N2O2. The molecule has 1 aromatic carbocycles. The lowest BCUT2D eigenvalue weighted by Gasteiger charge is -2.28. The minimum absolute atomic E-state index is 0.0896. The van der Waals surface area contributed by atoms with Crippen LogP contribution in [-0.4, -0.2) is 36.3 Å². The molecule has 1 atom stereocenters. The van der Waals surface area contributed by atoms with E-state index in [9.17, 15) is 18.0 Å². The number of hydrazine groups is 1. The number of alkyl halides is 3. The molecule has 4 nitrogen and oxygen atoms in total. The van der Waals surface area contributed by atoms with E-state index in [1.807, 2.05) is 6.92 Å². The number of hydrogen-bond acceptors (Lipinski definition) is 3. The van der Waals surface area contributed by atoms with E-state index in [1.54, 1.807) is 24.3 Å². The molecule has 1 aliphatic rings. The van der Waals surface area contributed by atoms with Gasteiger partial charge < -0.3 is 4.74 Å². The molecule has 0 aliphatic carbocycles. The van der Waals surface area contributed by atoms with Crippen LogP contribution in [0, 0.1) is 0 Å². The SMILES string of the molecule is CCOc1ccc(CC[C@H](N2CCC(=O)N2)C(F)(F)F)cc1. The molecule has 1 fully saturated rings.